The second-order valence-electron chi connectivity index (χ2n) is 4.74. The van der Waals surface area contributed by atoms with Gasteiger partial charge in [-0.05, 0) is 37.6 Å². The number of rotatable bonds is 4. The molecule has 4 nitrogen and oxygen atoms in total. The van der Waals surface area contributed by atoms with Crippen molar-refractivity contribution in [2.24, 2.45) is 5.10 Å². The smallest absolute Gasteiger partial charge is 0.200 e. The molecule has 116 valence electrons. The molecule has 2 aromatic rings. The fraction of sp³-hybridized carbons (Fsp3) is 0.133. The first-order valence-electron chi connectivity index (χ1n) is 6.38. The van der Waals surface area contributed by atoms with E-state index in [0.717, 1.165) is 11.1 Å². The molecule has 0 aliphatic heterocycles. The van der Waals surface area contributed by atoms with Gasteiger partial charge in [-0.2, -0.15) is 18.4 Å². The van der Waals surface area contributed by atoms with E-state index in [1.165, 1.54) is 12.1 Å². The van der Waals surface area contributed by atoms with Crippen molar-refractivity contribution in [2.75, 3.05) is 0 Å². The molecule has 0 aromatic heterocycles. The van der Waals surface area contributed by atoms with E-state index >= 15 is 0 Å². The summed E-state index contributed by atoms with van der Waals surface area (Å²) >= 11 is 12.1. The molecule has 7 heteroatoms. The van der Waals surface area contributed by atoms with Gasteiger partial charge >= 0.3 is 0 Å². The van der Waals surface area contributed by atoms with Crippen molar-refractivity contribution < 1.29 is 8.42 Å². The van der Waals surface area contributed by atoms with Crippen LogP contribution in [0, 0.1) is 13.8 Å². The molecule has 0 aliphatic rings. The van der Waals surface area contributed by atoms with Gasteiger partial charge in [-0.15, -0.1) is 0 Å². The zero-order valence-electron chi connectivity index (χ0n) is 12.0. The number of benzene rings is 2. The van der Waals surface area contributed by atoms with E-state index in [1.54, 1.807) is 24.3 Å². The molecule has 2 aromatic carbocycles. The van der Waals surface area contributed by atoms with Crippen LogP contribution in [0.25, 0.3) is 0 Å². The lowest BCUT2D eigenvalue weighted by atomic mass is 10.1. The first-order chi connectivity index (χ1) is 10.3. The van der Waals surface area contributed by atoms with Crippen LogP contribution in [0.2, 0.25) is 5.02 Å². The van der Waals surface area contributed by atoms with Crippen LogP contribution in [-0.2, 0) is 10.0 Å². The summed E-state index contributed by atoms with van der Waals surface area (Å²) in [4.78, 5) is 2.23. The van der Waals surface area contributed by atoms with Crippen molar-refractivity contribution >= 4 is 38.4 Å². The number of nitrogens with zero attached hydrogens (tertiary/aromatic N) is 1. The minimum atomic E-state index is -3.77. The van der Waals surface area contributed by atoms with E-state index in [1.807, 2.05) is 19.9 Å². The van der Waals surface area contributed by atoms with Crippen LogP contribution < -0.4 is 4.83 Å². The lowest BCUT2D eigenvalue weighted by Gasteiger charge is -2.07. The van der Waals surface area contributed by atoms with Gasteiger partial charge in [-0.1, -0.05) is 53.0 Å². The molecule has 0 heterocycles. The van der Waals surface area contributed by atoms with Crippen molar-refractivity contribution in [1.29, 1.82) is 0 Å². The van der Waals surface area contributed by atoms with Gasteiger partial charge in [0, 0.05) is 5.56 Å². The number of sulfonamides is 1. The predicted molar refractivity (Wildman–Crippen MR) is 90.1 cm³/mol. The molecule has 0 saturated heterocycles. The highest BCUT2D eigenvalue weighted by Crippen LogP contribution is 2.22. The topological polar surface area (TPSA) is 58.5 Å². The second-order valence-corrected chi connectivity index (χ2v) is 7.17. The van der Waals surface area contributed by atoms with Crippen LogP contribution in [0.3, 0.4) is 0 Å². The Balaban J connectivity index is 2.29. The Morgan fingerprint density at radius 2 is 1.73 bits per heavy atom. The summed E-state index contributed by atoms with van der Waals surface area (Å²) < 4.78 is 24.3. The molecular formula is C15H14Cl2N2O2S. The number of aryl methyl sites for hydroxylation is 2. The van der Waals surface area contributed by atoms with E-state index in [2.05, 4.69) is 9.93 Å². The monoisotopic (exact) mass is 356 g/mol. The van der Waals surface area contributed by atoms with Gasteiger partial charge in [0.05, 0.1) is 9.92 Å². The van der Waals surface area contributed by atoms with Gasteiger partial charge < -0.3 is 0 Å². The lowest BCUT2D eigenvalue weighted by Crippen LogP contribution is -2.19. The Morgan fingerprint density at radius 3 is 2.32 bits per heavy atom. The Bertz CT molecular complexity index is 796. The molecule has 0 amide bonds. The number of hydrogen-bond donors (Lipinski definition) is 1. The van der Waals surface area contributed by atoms with Crippen LogP contribution in [0.1, 0.15) is 16.7 Å². The van der Waals surface area contributed by atoms with Crippen molar-refractivity contribution in [3.8, 4) is 0 Å². The van der Waals surface area contributed by atoms with Gasteiger partial charge in [-0.3, -0.25) is 0 Å². The molecule has 1 N–H and O–H groups in total. The van der Waals surface area contributed by atoms with E-state index in [0.29, 0.717) is 10.6 Å². The quantitative estimate of drug-likeness (QED) is 0.668. The van der Waals surface area contributed by atoms with Crippen molar-refractivity contribution in [3.63, 3.8) is 0 Å². The SMILES string of the molecule is Cc1ccc(S(=O)(=O)N/N=C(/Cl)c2c(C)cccc2Cl)cc1. The molecular weight excluding hydrogens is 343 g/mol. The minimum Gasteiger partial charge on any atom is -0.200 e. The zero-order valence-corrected chi connectivity index (χ0v) is 14.3. The van der Waals surface area contributed by atoms with Crippen LogP contribution in [-0.4, -0.2) is 13.6 Å². The normalized spacial score (nSPS) is 12.3. The molecule has 0 fully saturated rings. The third-order valence-corrected chi connectivity index (χ3v) is 4.84. The summed E-state index contributed by atoms with van der Waals surface area (Å²) in [6.07, 6.45) is 0. The molecule has 0 spiro atoms. The largest absolute Gasteiger partial charge is 0.276 e. The van der Waals surface area contributed by atoms with Crippen LogP contribution in [0.15, 0.2) is 52.5 Å². The summed E-state index contributed by atoms with van der Waals surface area (Å²) in [6, 6.07) is 11.7. The maximum atomic E-state index is 12.1. The summed E-state index contributed by atoms with van der Waals surface area (Å²) in [5, 5.41) is 4.14. The van der Waals surface area contributed by atoms with Crippen LogP contribution in [0.4, 0.5) is 0 Å². The Hall–Kier alpha value is -1.56. The van der Waals surface area contributed by atoms with E-state index in [-0.39, 0.29) is 10.1 Å². The Morgan fingerprint density at radius 1 is 1.09 bits per heavy atom. The summed E-state index contributed by atoms with van der Waals surface area (Å²) in [5.41, 5.74) is 2.26. The van der Waals surface area contributed by atoms with E-state index < -0.39 is 10.0 Å². The molecule has 0 unspecified atom stereocenters. The molecule has 0 aliphatic carbocycles. The van der Waals surface area contributed by atoms with Crippen molar-refractivity contribution in [2.45, 2.75) is 18.7 Å². The van der Waals surface area contributed by atoms with E-state index in [9.17, 15) is 8.42 Å². The maximum absolute atomic E-state index is 12.1. The number of hydrogen-bond acceptors (Lipinski definition) is 3. The lowest BCUT2D eigenvalue weighted by molar-refractivity contribution is 0.584. The number of halogens is 2. The fourth-order valence-corrected chi connectivity index (χ4v) is 3.33. The van der Waals surface area contributed by atoms with Gasteiger partial charge in [0.15, 0.2) is 5.17 Å². The highest BCUT2D eigenvalue weighted by atomic mass is 35.5. The Labute approximate surface area is 139 Å². The number of hydrazone groups is 1. The summed E-state index contributed by atoms with van der Waals surface area (Å²) in [5.74, 6) is 0. The van der Waals surface area contributed by atoms with Gasteiger partial charge in [0.2, 0.25) is 0 Å². The Kier molecular flexibility index (Phi) is 5.11. The highest BCUT2D eigenvalue weighted by Gasteiger charge is 2.14. The van der Waals surface area contributed by atoms with Crippen LogP contribution in [0.5, 0.6) is 0 Å². The summed E-state index contributed by atoms with van der Waals surface area (Å²) in [6.45, 7) is 3.69. The second kappa shape index (κ2) is 6.69. The molecule has 0 bridgehead atoms. The first kappa shape index (κ1) is 16.8. The fourth-order valence-electron chi connectivity index (χ4n) is 1.82. The predicted octanol–water partition coefficient (Wildman–Crippen LogP) is 3.84. The first-order valence-corrected chi connectivity index (χ1v) is 8.62. The highest BCUT2D eigenvalue weighted by molar-refractivity contribution is 7.89. The summed E-state index contributed by atoms with van der Waals surface area (Å²) in [7, 11) is -3.77. The van der Waals surface area contributed by atoms with Gasteiger partial charge in [0.25, 0.3) is 10.0 Å². The van der Waals surface area contributed by atoms with Gasteiger partial charge in [-0.25, -0.2) is 0 Å². The van der Waals surface area contributed by atoms with Crippen molar-refractivity contribution in [3.05, 3.63) is 64.2 Å². The third-order valence-electron chi connectivity index (χ3n) is 3.02. The molecule has 22 heavy (non-hydrogen) atoms. The van der Waals surface area contributed by atoms with E-state index in [4.69, 9.17) is 23.2 Å². The molecule has 0 atom stereocenters. The van der Waals surface area contributed by atoms with Crippen molar-refractivity contribution in [1.82, 2.24) is 4.83 Å². The molecule has 2 rings (SSSR count). The molecule has 0 radical (unpaired) electrons. The average molecular weight is 357 g/mol. The van der Waals surface area contributed by atoms with Crippen LogP contribution >= 0.6 is 23.2 Å². The molecule has 0 saturated carbocycles. The third kappa shape index (κ3) is 3.80. The average Bonchev–Trinajstić information content (AvgIpc) is 2.45. The number of nitrogens with one attached hydrogen (secondary N) is 1. The zero-order chi connectivity index (χ0) is 16.3. The minimum absolute atomic E-state index is 0.0150. The maximum Gasteiger partial charge on any atom is 0.276 e. The van der Waals surface area contributed by atoms with Gasteiger partial charge in [0.1, 0.15) is 0 Å². The standard InChI is InChI=1S/C15H14Cl2N2O2S/c1-10-6-8-12(9-7-10)22(20,21)19-18-15(17)14-11(2)4-3-5-13(14)16/h3-9,19H,1-2H3/b18-15+.